The number of rotatable bonds is 9. The quantitative estimate of drug-likeness (QED) is 0.310. The molecule has 4 rings (SSSR count). The van der Waals surface area contributed by atoms with Crippen molar-refractivity contribution >= 4 is 46.3 Å². The molecule has 0 spiro atoms. The molecule has 1 fully saturated rings. The number of thioether (sulfide) groups is 1. The Kier molecular flexibility index (Phi) is 7.67. The molecule has 2 aromatic carbocycles. The van der Waals surface area contributed by atoms with Crippen molar-refractivity contribution in [2.75, 3.05) is 13.2 Å². The fourth-order valence-electron chi connectivity index (χ4n) is 3.77. The summed E-state index contributed by atoms with van der Waals surface area (Å²) in [7, 11) is 0. The predicted octanol–water partition coefficient (Wildman–Crippen LogP) is 5.31. The number of para-hydroxylation sites is 1. The molecular weight excluding hydrogens is 482 g/mol. The molecule has 0 atom stereocenters. The van der Waals surface area contributed by atoms with Gasteiger partial charge in [-0.05, 0) is 62.2 Å². The summed E-state index contributed by atoms with van der Waals surface area (Å²) < 4.78 is 7.91. The number of aromatic nitrogens is 2. The standard InChI is InChI=1S/C26H25N3O4S2/c1-3-33-21-12-11-18(14-17(21)2)24-19(16-29(27-24)20-8-5-4-6-9-20)15-22-25(32)28(26(34)35-22)13-7-10-23(30)31/h4-6,8-9,11-12,14-16H,3,7,10,13H2,1-2H3,(H,30,31). The first-order chi connectivity index (χ1) is 16.9. The molecule has 0 unspecified atom stereocenters. The van der Waals surface area contributed by atoms with Crippen molar-refractivity contribution in [2.24, 2.45) is 0 Å². The summed E-state index contributed by atoms with van der Waals surface area (Å²) in [6, 6.07) is 15.7. The van der Waals surface area contributed by atoms with Crippen molar-refractivity contribution in [1.82, 2.24) is 14.7 Å². The molecule has 1 N–H and O–H groups in total. The maximum absolute atomic E-state index is 13.0. The van der Waals surface area contributed by atoms with Gasteiger partial charge in [0.25, 0.3) is 5.91 Å². The third kappa shape index (κ3) is 5.63. The van der Waals surface area contributed by atoms with Crippen molar-refractivity contribution in [3.05, 3.63) is 70.8 Å². The summed E-state index contributed by atoms with van der Waals surface area (Å²) in [5.74, 6) is -0.288. The number of benzene rings is 2. The summed E-state index contributed by atoms with van der Waals surface area (Å²) in [5, 5.41) is 13.7. The van der Waals surface area contributed by atoms with E-state index in [0.717, 1.165) is 33.8 Å². The van der Waals surface area contributed by atoms with E-state index in [0.29, 0.717) is 22.3 Å². The van der Waals surface area contributed by atoms with Crippen molar-refractivity contribution in [3.63, 3.8) is 0 Å². The first-order valence-corrected chi connectivity index (χ1v) is 12.5. The largest absolute Gasteiger partial charge is 0.494 e. The zero-order valence-electron chi connectivity index (χ0n) is 19.4. The van der Waals surface area contributed by atoms with Crippen LogP contribution in [0, 0.1) is 6.92 Å². The second-order valence-corrected chi connectivity index (χ2v) is 9.63. The number of aryl methyl sites for hydroxylation is 1. The van der Waals surface area contributed by atoms with Gasteiger partial charge >= 0.3 is 5.97 Å². The molecule has 1 aliphatic rings. The van der Waals surface area contributed by atoms with E-state index in [4.69, 9.17) is 27.2 Å². The van der Waals surface area contributed by atoms with Gasteiger partial charge in [0.1, 0.15) is 15.8 Å². The molecule has 0 aliphatic carbocycles. The predicted molar refractivity (Wildman–Crippen MR) is 142 cm³/mol. The highest BCUT2D eigenvalue weighted by Crippen LogP contribution is 2.35. The van der Waals surface area contributed by atoms with Gasteiger partial charge in [0, 0.05) is 30.3 Å². The Morgan fingerprint density at radius 2 is 2.00 bits per heavy atom. The first kappa shape index (κ1) is 24.7. The Hall–Kier alpha value is -3.43. The maximum atomic E-state index is 13.0. The topological polar surface area (TPSA) is 84.7 Å². The van der Waals surface area contributed by atoms with Crippen molar-refractivity contribution in [1.29, 1.82) is 0 Å². The van der Waals surface area contributed by atoms with Gasteiger partial charge < -0.3 is 9.84 Å². The van der Waals surface area contributed by atoms with E-state index in [9.17, 15) is 9.59 Å². The average Bonchev–Trinajstić information content (AvgIpc) is 3.37. The second kappa shape index (κ2) is 10.9. The van der Waals surface area contributed by atoms with Gasteiger partial charge in [-0.1, -0.05) is 42.2 Å². The van der Waals surface area contributed by atoms with Gasteiger partial charge in [-0.3, -0.25) is 14.5 Å². The van der Waals surface area contributed by atoms with Crippen molar-refractivity contribution in [2.45, 2.75) is 26.7 Å². The summed E-state index contributed by atoms with van der Waals surface area (Å²) in [6.07, 6.45) is 4.04. The van der Waals surface area contributed by atoms with Crippen LogP contribution in [0.15, 0.2) is 59.6 Å². The van der Waals surface area contributed by atoms with Crippen molar-refractivity contribution in [3.8, 4) is 22.7 Å². The number of hydrogen-bond donors (Lipinski definition) is 1. The highest BCUT2D eigenvalue weighted by atomic mass is 32.2. The molecule has 180 valence electrons. The Bertz CT molecular complexity index is 1300. The Balaban J connectivity index is 1.71. The molecule has 35 heavy (non-hydrogen) atoms. The van der Waals surface area contributed by atoms with Crippen LogP contribution in [0.1, 0.15) is 30.9 Å². The van der Waals surface area contributed by atoms with Crippen LogP contribution in [0.3, 0.4) is 0 Å². The number of nitrogens with zero attached hydrogens (tertiary/aromatic N) is 3. The van der Waals surface area contributed by atoms with E-state index >= 15 is 0 Å². The fourth-order valence-corrected chi connectivity index (χ4v) is 5.07. The number of carboxylic acid groups (broad SMARTS) is 1. The molecule has 7 nitrogen and oxygen atoms in total. The highest BCUT2D eigenvalue weighted by Gasteiger charge is 2.32. The lowest BCUT2D eigenvalue weighted by Gasteiger charge is -2.13. The van der Waals surface area contributed by atoms with Gasteiger partial charge in [-0.2, -0.15) is 5.10 Å². The van der Waals surface area contributed by atoms with Crippen LogP contribution >= 0.6 is 24.0 Å². The van der Waals surface area contributed by atoms with Gasteiger partial charge in [0.15, 0.2) is 0 Å². The van der Waals surface area contributed by atoms with E-state index in [-0.39, 0.29) is 18.9 Å². The van der Waals surface area contributed by atoms with Gasteiger partial charge in [-0.15, -0.1) is 0 Å². The average molecular weight is 508 g/mol. The summed E-state index contributed by atoms with van der Waals surface area (Å²) in [6.45, 7) is 4.81. The summed E-state index contributed by atoms with van der Waals surface area (Å²) >= 11 is 6.62. The lowest BCUT2D eigenvalue weighted by molar-refractivity contribution is -0.137. The lowest BCUT2D eigenvalue weighted by atomic mass is 10.0. The molecule has 0 saturated carbocycles. The van der Waals surface area contributed by atoms with Crippen LogP contribution in [0.25, 0.3) is 23.0 Å². The minimum atomic E-state index is -0.894. The van der Waals surface area contributed by atoms with Crippen molar-refractivity contribution < 1.29 is 19.4 Å². The number of thiocarbonyl (C=S) groups is 1. The van der Waals surface area contributed by atoms with Crippen LogP contribution in [0.5, 0.6) is 5.75 Å². The van der Waals surface area contributed by atoms with Gasteiger partial charge in [0.05, 0.1) is 17.2 Å². The van der Waals surface area contributed by atoms with Gasteiger partial charge in [-0.25, -0.2) is 4.68 Å². The van der Waals surface area contributed by atoms with E-state index in [1.165, 1.54) is 16.7 Å². The lowest BCUT2D eigenvalue weighted by Crippen LogP contribution is -2.29. The van der Waals surface area contributed by atoms with E-state index in [1.807, 2.05) is 74.7 Å². The summed E-state index contributed by atoms with van der Waals surface area (Å²) in [4.78, 5) is 25.9. The minimum absolute atomic E-state index is 0.0127. The number of carboxylic acids is 1. The number of aliphatic carboxylic acids is 1. The minimum Gasteiger partial charge on any atom is -0.494 e. The number of hydrogen-bond acceptors (Lipinski definition) is 6. The van der Waals surface area contributed by atoms with Crippen LogP contribution in [-0.4, -0.2) is 49.1 Å². The summed E-state index contributed by atoms with van der Waals surface area (Å²) in [5.41, 5.74) is 4.31. The number of carbonyl (C=O) groups excluding carboxylic acids is 1. The zero-order chi connectivity index (χ0) is 24.9. The Labute approximate surface area is 213 Å². The molecule has 1 amide bonds. The molecule has 2 heterocycles. The third-order valence-corrected chi connectivity index (χ3v) is 6.82. The molecule has 0 bridgehead atoms. The normalized spacial score (nSPS) is 14.7. The Morgan fingerprint density at radius 3 is 2.69 bits per heavy atom. The zero-order valence-corrected chi connectivity index (χ0v) is 21.1. The Morgan fingerprint density at radius 1 is 1.23 bits per heavy atom. The first-order valence-electron chi connectivity index (χ1n) is 11.2. The van der Waals surface area contributed by atoms with Crippen LogP contribution in [-0.2, 0) is 9.59 Å². The fraction of sp³-hybridized carbons (Fsp3) is 0.231. The smallest absolute Gasteiger partial charge is 0.303 e. The molecule has 9 heteroatoms. The third-order valence-electron chi connectivity index (χ3n) is 5.44. The highest BCUT2D eigenvalue weighted by molar-refractivity contribution is 8.26. The molecule has 1 saturated heterocycles. The number of carbonyl (C=O) groups is 2. The number of amides is 1. The van der Waals surface area contributed by atoms with Crippen LogP contribution < -0.4 is 4.74 Å². The second-order valence-electron chi connectivity index (χ2n) is 7.96. The molecule has 0 radical (unpaired) electrons. The molecular formula is C26H25N3O4S2. The monoisotopic (exact) mass is 507 g/mol. The van der Waals surface area contributed by atoms with E-state index < -0.39 is 5.97 Å². The van der Waals surface area contributed by atoms with Crippen LogP contribution in [0.2, 0.25) is 0 Å². The molecule has 1 aliphatic heterocycles. The number of ether oxygens (including phenoxy) is 1. The van der Waals surface area contributed by atoms with E-state index in [2.05, 4.69) is 0 Å². The van der Waals surface area contributed by atoms with E-state index in [1.54, 1.807) is 4.68 Å². The SMILES string of the molecule is CCOc1ccc(-c2nn(-c3ccccc3)cc2C=C2SC(=S)N(CCCC(=O)O)C2=O)cc1C. The van der Waals surface area contributed by atoms with Gasteiger partial charge in [0.2, 0.25) is 0 Å². The molecule has 1 aromatic heterocycles. The maximum Gasteiger partial charge on any atom is 0.303 e. The molecule has 3 aromatic rings. The van der Waals surface area contributed by atoms with Crippen LogP contribution in [0.4, 0.5) is 0 Å².